The van der Waals surface area contributed by atoms with Crippen molar-refractivity contribution in [3.05, 3.63) is 94.5 Å². The smallest absolute Gasteiger partial charge is 0.237 e. The van der Waals surface area contributed by atoms with Crippen LogP contribution in [0.1, 0.15) is 29.5 Å². The van der Waals surface area contributed by atoms with Crippen molar-refractivity contribution in [2.24, 2.45) is 5.73 Å². The third-order valence-corrected chi connectivity index (χ3v) is 7.22. The maximum absolute atomic E-state index is 14.2. The molecule has 3 N–H and O–H groups in total. The first kappa shape index (κ1) is 24.5. The van der Waals surface area contributed by atoms with Crippen molar-refractivity contribution in [2.45, 2.75) is 38.4 Å². The molecule has 1 aromatic heterocycles. The molecule has 0 radical (unpaired) electrons. The van der Waals surface area contributed by atoms with Gasteiger partial charge in [-0.05, 0) is 72.8 Å². The Kier molecular flexibility index (Phi) is 7.37. The number of nitrogens with one attached hydrogen (secondary N) is 1. The number of amides is 1. The predicted octanol–water partition coefficient (Wildman–Crippen LogP) is 5.67. The number of carbonyl (C=O) groups excluding carboxylic acids is 1. The van der Waals surface area contributed by atoms with Crippen LogP contribution in [-0.2, 0) is 24.3 Å². The van der Waals surface area contributed by atoms with Gasteiger partial charge in [-0.25, -0.2) is 4.39 Å². The summed E-state index contributed by atoms with van der Waals surface area (Å²) in [5, 5.41) is 4.02. The molecule has 1 saturated heterocycles. The molecule has 2 heterocycles. The Balaban J connectivity index is 1.28. The number of hydrogen-bond donors (Lipinski definition) is 2. The molecule has 0 bridgehead atoms. The molecule has 1 amide bonds. The lowest BCUT2D eigenvalue weighted by Crippen LogP contribution is -2.43. The molecular weight excluding hydrogens is 477 g/mol. The van der Waals surface area contributed by atoms with E-state index in [1.807, 2.05) is 18.2 Å². The molecule has 3 aromatic carbocycles. The Morgan fingerprint density at radius 2 is 2.00 bits per heavy atom. The Hall–Kier alpha value is -3.19. The highest BCUT2D eigenvalue weighted by Gasteiger charge is 2.30. The van der Waals surface area contributed by atoms with E-state index in [1.54, 1.807) is 18.4 Å². The van der Waals surface area contributed by atoms with E-state index >= 15 is 0 Å². The third-order valence-electron chi connectivity index (χ3n) is 6.92. The summed E-state index contributed by atoms with van der Waals surface area (Å²) in [6.07, 6.45) is 4.27. The zero-order valence-electron chi connectivity index (χ0n) is 20.0. The molecule has 186 valence electrons. The van der Waals surface area contributed by atoms with Crippen LogP contribution in [0.4, 0.5) is 4.39 Å². The van der Waals surface area contributed by atoms with E-state index in [1.165, 1.54) is 11.6 Å². The lowest BCUT2D eigenvalue weighted by Gasteiger charge is -2.24. The van der Waals surface area contributed by atoms with Gasteiger partial charge in [-0.3, -0.25) is 9.69 Å². The number of carbonyl (C=O) groups is 1. The average Bonchev–Trinajstić information content (AvgIpc) is 3.57. The van der Waals surface area contributed by atoms with Gasteiger partial charge in [0.2, 0.25) is 5.91 Å². The number of nitrogens with two attached hydrogens (primary N) is 1. The second-order valence-corrected chi connectivity index (χ2v) is 9.67. The number of likely N-dealkylation sites (tertiary alicyclic amines) is 1. The highest BCUT2D eigenvalue weighted by molar-refractivity contribution is 6.30. The van der Waals surface area contributed by atoms with Crippen molar-refractivity contribution in [1.29, 1.82) is 0 Å². The van der Waals surface area contributed by atoms with Crippen molar-refractivity contribution in [1.82, 2.24) is 10.2 Å². The van der Waals surface area contributed by atoms with Crippen LogP contribution in [0.15, 0.2) is 71.3 Å². The molecule has 1 aliphatic rings. The number of furan rings is 1. The van der Waals surface area contributed by atoms with Gasteiger partial charge in [0.25, 0.3) is 0 Å². The highest BCUT2D eigenvalue weighted by Crippen LogP contribution is 2.32. The van der Waals surface area contributed by atoms with E-state index in [9.17, 15) is 9.18 Å². The van der Waals surface area contributed by atoms with Gasteiger partial charge in [0.1, 0.15) is 11.4 Å². The summed E-state index contributed by atoms with van der Waals surface area (Å²) in [6, 6.07) is 19.1. The molecule has 0 saturated carbocycles. The number of nitrogens with zero attached hydrogens (tertiary/aromatic N) is 1. The van der Waals surface area contributed by atoms with Crippen LogP contribution in [-0.4, -0.2) is 29.9 Å². The van der Waals surface area contributed by atoms with E-state index in [2.05, 4.69) is 34.5 Å². The summed E-state index contributed by atoms with van der Waals surface area (Å²) in [6.45, 7) is 2.23. The molecule has 1 unspecified atom stereocenters. The molecule has 5 nitrogen and oxygen atoms in total. The summed E-state index contributed by atoms with van der Waals surface area (Å²) in [4.78, 5) is 15.2. The molecule has 1 atom stereocenters. The monoisotopic (exact) mass is 505 g/mol. The van der Waals surface area contributed by atoms with E-state index in [-0.39, 0.29) is 23.5 Å². The van der Waals surface area contributed by atoms with Gasteiger partial charge in [0.05, 0.1) is 17.3 Å². The maximum atomic E-state index is 14.2. The molecule has 1 fully saturated rings. The number of rotatable bonds is 8. The third kappa shape index (κ3) is 5.16. The average molecular weight is 506 g/mol. The van der Waals surface area contributed by atoms with Gasteiger partial charge in [-0.2, -0.15) is 0 Å². The largest absolute Gasteiger partial charge is 0.464 e. The molecule has 7 heteroatoms. The second-order valence-electron chi connectivity index (χ2n) is 9.26. The fourth-order valence-electron chi connectivity index (χ4n) is 5.02. The topological polar surface area (TPSA) is 71.5 Å². The predicted molar refractivity (Wildman–Crippen MR) is 141 cm³/mol. The first-order chi connectivity index (χ1) is 17.5. The zero-order chi connectivity index (χ0) is 25.1. The van der Waals surface area contributed by atoms with Gasteiger partial charge < -0.3 is 15.5 Å². The number of halogens is 2. The number of fused-ring (bicyclic) bond motifs is 1. The van der Waals surface area contributed by atoms with Crippen LogP contribution in [0.3, 0.4) is 0 Å². The van der Waals surface area contributed by atoms with Crippen LogP contribution < -0.4 is 11.1 Å². The van der Waals surface area contributed by atoms with Gasteiger partial charge in [-0.15, -0.1) is 0 Å². The van der Waals surface area contributed by atoms with E-state index in [0.29, 0.717) is 12.1 Å². The van der Waals surface area contributed by atoms with Crippen molar-refractivity contribution in [3.63, 3.8) is 0 Å². The second kappa shape index (κ2) is 10.8. The minimum absolute atomic E-state index is 0.0629. The van der Waals surface area contributed by atoms with E-state index in [0.717, 1.165) is 60.0 Å². The minimum Gasteiger partial charge on any atom is -0.464 e. The maximum Gasteiger partial charge on any atom is 0.237 e. The fraction of sp³-hybridized carbons (Fsp3) is 0.276. The van der Waals surface area contributed by atoms with Gasteiger partial charge in [0.15, 0.2) is 0 Å². The molecule has 1 aliphatic heterocycles. The minimum atomic E-state index is -0.481. The molecule has 4 aromatic rings. The van der Waals surface area contributed by atoms with E-state index < -0.39 is 5.82 Å². The van der Waals surface area contributed by atoms with Crippen molar-refractivity contribution in [3.8, 4) is 11.1 Å². The number of benzene rings is 3. The highest BCUT2D eigenvalue weighted by atomic mass is 35.5. The molecular formula is C29H29ClFN3O2. The molecule has 0 aliphatic carbocycles. The first-order valence-electron chi connectivity index (χ1n) is 12.3. The SMILES string of the molecule is NCc1cccc(-c2cc(CCN3CCCC3C(=O)NCc3cccc(Cl)c3F)cc3ccoc23)c1. The quantitative estimate of drug-likeness (QED) is 0.323. The Morgan fingerprint density at radius 1 is 1.14 bits per heavy atom. The van der Waals surface area contributed by atoms with Crippen LogP contribution >= 0.6 is 11.6 Å². The summed E-state index contributed by atoms with van der Waals surface area (Å²) >= 11 is 5.87. The summed E-state index contributed by atoms with van der Waals surface area (Å²) in [7, 11) is 0. The molecule has 36 heavy (non-hydrogen) atoms. The van der Waals surface area contributed by atoms with Crippen molar-refractivity contribution in [2.75, 3.05) is 13.1 Å². The van der Waals surface area contributed by atoms with Gasteiger partial charge in [0, 0.05) is 36.1 Å². The fourth-order valence-corrected chi connectivity index (χ4v) is 5.21. The molecule has 0 spiro atoms. The van der Waals surface area contributed by atoms with E-state index in [4.69, 9.17) is 21.8 Å². The standard InChI is InChI=1S/C29H29ClFN3O2/c30-25-7-2-6-23(27(25)31)18-33-29(35)26-8-3-11-34(26)12-9-19-14-22-10-13-36-28(22)24(16-19)21-5-1-4-20(15-21)17-32/h1-2,4-7,10,13-16,26H,3,8-9,11-12,17-18,32H2,(H,33,35). The summed E-state index contributed by atoms with van der Waals surface area (Å²) in [5.74, 6) is -0.554. The summed E-state index contributed by atoms with van der Waals surface area (Å²) < 4.78 is 20.0. The van der Waals surface area contributed by atoms with Crippen LogP contribution in [0.2, 0.25) is 5.02 Å². The summed E-state index contributed by atoms with van der Waals surface area (Å²) in [5.41, 5.74) is 11.5. The normalized spacial score (nSPS) is 16.0. The Morgan fingerprint density at radius 3 is 2.86 bits per heavy atom. The van der Waals surface area contributed by atoms with Gasteiger partial charge in [-0.1, -0.05) is 41.9 Å². The lowest BCUT2D eigenvalue weighted by atomic mass is 9.97. The van der Waals surface area contributed by atoms with Crippen molar-refractivity contribution >= 4 is 28.5 Å². The van der Waals surface area contributed by atoms with Gasteiger partial charge >= 0.3 is 0 Å². The lowest BCUT2D eigenvalue weighted by molar-refractivity contribution is -0.125. The molecule has 5 rings (SSSR count). The number of hydrogen-bond acceptors (Lipinski definition) is 4. The Bertz CT molecular complexity index is 1390. The zero-order valence-corrected chi connectivity index (χ0v) is 20.7. The Labute approximate surface area is 215 Å². The van der Waals surface area contributed by atoms with Crippen molar-refractivity contribution < 1.29 is 13.6 Å². The first-order valence-corrected chi connectivity index (χ1v) is 12.7. The van der Waals surface area contributed by atoms with Crippen LogP contribution in [0.5, 0.6) is 0 Å². The van der Waals surface area contributed by atoms with Crippen LogP contribution in [0.25, 0.3) is 22.1 Å². The van der Waals surface area contributed by atoms with Crippen LogP contribution in [0, 0.1) is 5.82 Å².